The zero-order valence-corrected chi connectivity index (χ0v) is 18.6. The third kappa shape index (κ3) is 3.75. The molecule has 3 aromatic heterocycles. The quantitative estimate of drug-likeness (QED) is 0.427. The molecule has 1 fully saturated rings. The van der Waals surface area contributed by atoms with Crippen molar-refractivity contribution in [1.82, 2.24) is 29.6 Å². The normalized spacial score (nSPS) is 16.1. The molecule has 168 valence electrons. The Morgan fingerprint density at radius 2 is 1.85 bits per heavy atom. The van der Waals surface area contributed by atoms with E-state index in [-0.39, 0.29) is 11.8 Å². The summed E-state index contributed by atoms with van der Waals surface area (Å²) in [4.78, 5) is 28.2. The molecule has 1 amide bonds. The number of nitrogens with zero attached hydrogens (tertiary/aromatic N) is 5. The van der Waals surface area contributed by atoms with E-state index < -0.39 is 0 Å². The Morgan fingerprint density at radius 1 is 1.00 bits per heavy atom. The predicted molar refractivity (Wildman–Crippen MR) is 131 cm³/mol. The molecule has 4 heterocycles. The number of amides is 1. The van der Waals surface area contributed by atoms with Crippen LogP contribution in [0, 0.1) is 0 Å². The molecule has 7 nitrogen and oxygen atoms in total. The molecule has 1 unspecified atom stereocenters. The standard InChI is InChI=1S/C27H24N6O/c34-27(32-15-7-9-20(17-32)26-29-23-12-4-5-13-24(23)30-26)22-18-33(21-10-2-1-3-11-21)31-25(22)19-8-6-14-28-16-19/h1-6,8,10-14,16,18,20H,7,9,15,17H2,(H,29,30). The molecule has 7 heteroatoms. The number of para-hydroxylation sites is 3. The first-order valence-electron chi connectivity index (χ1n) is 11.6. The van der Waals surface area contributed by atoms with E-state index in [2.05, 4.69) is 9.97 Å². The van der Waals surface area contributed by atoms with Crippen LogP contribution in [0.4, 0.5) is 0 Å². The lowest BCUT2D eigenvalue weighted by Crippen LogP contribution is -2.39. The van der Waals surface area contributed by atoms with Gasteiger partial charge in [-0.3, -0.25) is 9.78 Å². The summed E-state index contributed by atoms with van der Waals surface area (Å²) in [6.07, 6.45) is 7.25. The zero-order chi connectivity index (χ0) is 22.9. The van der Waals surface area contributed by atoms with Crippen LogP contribution in [0.15, 0.2) is 85.3 Å². The Morgan fingerprint density at radius 3 is 2.68 bits per heavy atom. The topological polar surface area (TPSA) is 79.7 Å². The number of aromatic amines is 1. The second kappa shape index (κ2) is 8.59. The van der Waals surface area contributed by atoms with Gasteiger partial charge in [-0.25, -0.2) is 9.67 Å². The van der Waals surface area contributed by atoms with Gasteiger partial charge in [-0.1, -0.05) is 30.3 Å². The fourth-order valence-electron chi connectivity index (χ4n) is 4.68. The Kier molecular flexibility index (Phi) is 5.14. The van der Waals surface area contributed by atoms with Crippen LogP contribution in [0.1, 0.15) is 34.9 Å². The van der Waals surface area contributed by atoms with Gasteiger partial charge in [-0.05, 0) is 49.2 Å². The number of aromatic nitrogens is 5. The highest BCUT2D eigenvalue weighted by molar-refractivity contribution is 6.00. The van der Waals surface area contributed by atoms with Crippen molar-refractivity contribution in [3.05, 3.63) is 96.7 Å². The highest BCUT2D eigenvalue weighted by Gasteiger charge is 2.30. The summed E-state index contributed by atoms with van der Waals surface area (Å²) in [6.45, 7) is 1.35. The van der Waals surface area contributed by atoms with Gasteiger partial charge in [0.15, 0.2) is 0 Å². The van der Waals surface area contributed by atoms with Crippen LogP contribution in [-0.4, -0.2) is 48.6 Å². The Balaban J connectivity index is 1.33. The number of fused-ring (bicyclic) bond motifs is 1. The molecule has 1 aliphatic heterocycles. The number of pyridine rings is 1. The largest absolute Gasteiger partial charge is 0.342 e. The number of imidazole rings is 1. The second-order valence-electron chi connectivity index (χ2n) is 8.64. The van der Waals surface area contributed by atoms with Crippen molar-refractivity contribution in [3.8, 4) is 16.9 Å². The van der Waals surface area contributed by atoms with Crippen LogP contribution in [0.3, 0.4) is 0 Å². The maximum absolute atomic E-state index is 13.8. The number of rotatable bonds is 4. The Bertz CT molecular complexity index is 1410. The number of hydrogen-bond donors (Lipinski definition) is 1. The highest BCUT2D eigenvalue weighted by atomic mass is 16.2. The number of carbonyl (C=O) groups excluding carboxylic acids is 1. The minimum Gasteiger partial charge on any atom is -0.342 e. The van der Waals surface area contributed by atoms with E-state index in [4.69, 9.17) is 10.1 Å². The predicted octanol–water partition coefficient (Wildman–Crippen LogP) is 4.83. The minimum absolute atomic E-state index is 0.0122. The molecule has 5 aromatic rings. The average Bonchev–Trinajstić information content (AvgIpc) is 3.55. The lowest BCUT2D eigenvalue weighted by Gasteiger charge is -2.31. The number of H-pyrrole nitrogens is 1. The van der Waals surface area contributed by atoms with E-state index in [1.54, 1.807) is 17.1 Å². The van der Waals surface area contributed by atoms with Crippen LogP contribution in [0.5, 0.6) is 0 Å². The summed E-state index contributed by atoms with van der Waals surface area (Å²) >= 11 is 0. The molecule has 0 saturated carbocycles. The van der Waals surface area contributed by atoms with Crippen molar-refractivity contribution in [2.24, 2.45) is 0 Å². The fourth-order valence-corrected chi connectivity index (χ4v) is 4.68. The summed E-state index contributed by atoms with van der Waals surface area (Å²) in [5, 5.41) is 4.78. The van der Waals surface area contributed by atoms with Gasteiger partial charge in [0.05, 0.1) is 22.3 Å². The molecular weight excluding hydrogens is 424 g/mol. The number of carbonyl (C=O) groups is 1. The van der Waals surface area contributed by atoms with Crippen LogP contribution >= 0.6 is 0 Å². The van der Waals surface area contributed by atoms with Gasteiger partial charge >= 0.3 is 0 Å². The van der Waals surface area contributed by atoms with Crippen molar-refractivity contribution < 1.29 is 4.79 Å². The van der Waals surface area contributed by atoms with Gasteiger partial charge in [0.1, 0.15) is 11.5 Å². The van der Waals surface area contributed by atoms with Crippen LogP contribution in [0.25, 0.3) is 28.0 Å². The first-order chi connectivity index (χ1) is 16.8. The van der Waals surface area contributed by atoms with Crippen molar-refractivity contribution in [1.29, 1.82) is 0 Å². The lowest BCUT2D eigenvalue weighted by atomic mass is 9.96. The summed E-state index contributed by atoms with van der Waals surface area (Å²) in [6, 6.07) is 21.7. The maximum atomic E-state index is 13.8. The van der Waals surface area contributed by atoms with E-state index in [1.807, 2.05) is 77.8 Å². The molecule has 0 radical (unpaired) electrons. The van der Waals surface area contributed by atoms with Crippen molar-refractivity contribution in [3.63, 3.8) is 0 Å². The Labute approximate surface area is 197 Å². The Hall–Kier alpha value is -4.26. The number of hydrogen-bond acceptors (Lipinski definition) is 4. The first-order valence-corrected chi connectivity index (χ1v) is 11.6. The van der Waals surface area contributed by atoms with Crippen LogP contribution in [0.2, 0.25) is 0 Å². The molecule has 2 aromatic carbocycles. The SMILES string of the molecule is O=C(c1cn(-c2ccccc2)nc1-c1cccnc1)N1CCCC(c2nc3ccccc3[nH]2)C1. The summed E-state index contributed by atoms with van der Waals surface area (Å²) in [7, 11) is 0. The van der Waals surface area contributed by atoms with Gasteiger partial charge in [0.2, 0.25) is 0 Å². The van der Waals surface area contributed by atoms with Crippen molar-refractivity contribution >= 4 is 16.9 Å². The third-order valence-corrected chi connectivity index (χ3v) is 6.40. The van der Waals surface area contributed by atoms with Gasteiger partial charge in [0.25, 0.3) is 5.91 Å². The molecule has 0 aliphatic carbocycles. The van der Waals surface area contributed by atoms with E-state index in [0.29, 0.717) is 17.8 Å². The third-order valence-electron chi connectivity index (χ3n) is 6.40. The summed E-state index contributed by atoms with van der Waals surface area (Å²) in [5.74, 6) is 1.11. The van der Waals surface area contributed by atoms with E-state index in [0.717, 1.165) is 47.5 Å². The number of piperidine rings is 1. The summed E-state index contributed by atoms with van der Waals surface area (Å²) < 4.78 is 1.77. The molecule has 34 heavy (non-hydrogen) atoms. The number of likely N-dealkylation sites (tertiary alicyclic amines) is 1. The highest BCUT2D eigenvalue weighted by Crippen LogP contribution is 2.30. The molecule has 1 atom stereocenters. The molecule has 6 rings (SSSR count). The van der Waals surface area contributed by atoms with Gasteiger partial charge < -0.3 is 9.88 Å². The summed E-state index contributed by atoms with van der Waals surface area (Å²) in [5.41, 5.74) is 4.96. The van der Waals surface area contributed by atoms with Crippen LogP contribution < -0.4 is 0 Å². The van der Waals surface area contributed by atoms with E-state index in [1.165, 1.54) is 0 Å². The van der Waals surface area contributed by atoms with Crippen LogP contribution in [-0.2, 0) is 0 Å². The van der Waals surface area contributed by atoms with Crippen molar-refractivity contribution in [2.75, 3.05) is 13.1 Å². The monoisotopic (exact) mass is 448 g/mol. The minimum atomic E-state index is -0.0122. The number of nitrogens with one attached hydrogen (secondary N) is 1. The maximum Gasteiger partial charge on any atom is 0.257 e. The molecule has 1 N–H and O–H groups in total. The van der Waals surface area contributed by atoms with Gasteiger partial charge in [-0.15, -0.1) is 0 Å². The lowest BCUT2D eigenvalue weighted by molar-refractivity contribution is 0.0705. The average molecular weight is 449 g/mol. The van der Waals surface area contributed by atoms with Gasteiger partial charge in [-0.2, -0.15) is 5.10 Å². The molecule has 1 aliphatic rings. The molecule has 1 saturated heterocycles. The second-order valence-corrected chi connectivity index (χ2v) is 8.64. The molecule has 0 bridgehead atoms. The number of benzene rings is 2. The van der Waals surface area contributed by atoms with Gasteiger partial charge in [0, 0.05) is 43.2 Å². The molecule has 0 spiro atoms. The molecular formula is C27H24N6O. The van der Waals surface area contributed by atoms with Crippen molar-refractivity contribution in [2.45, 2.75) is 18.8 Å². The fraction of sp³-hybridized carbons (Fsp3) is 0.185. The smallest absolute Gasteiger partial charge is 0.257 e. The van der Waals surface area contributed by atoms with E-state index >= 15 is 0 Å². The first kappa shape index (κ1) is 20.4. The van der Waals surface area contributed by atoms with E-state index in [9.17, 15) is 4.79 Å². The zero-order valence-electron chi connectivity index (χ0n) is 18.6.